The first kappa shape index (κ1) is 14.6. The molecule has 19 heavy (non-hydrogen) atoms. The van der Waals surface area contributed by atoms with E-state index in [1.807, 2.05) is 0 Å². The topological polar surface area (TPSA) is 28.4 Å². The maximum absolute atomic E-state index is 9.81. The van der Waals surface area contributed by atoms with Crippen LogP contribution in [0.4, 0.5) is 0 Å². The molecule has 1 unspecified atom stereocenters. The van der Waals surface area contributed by atoms with E-state index in [2.05, 4.69) is 48.7 Å². The molecule has 2 rings (SSSR count). The lowest BCUT2D eigenvalue weighted by Gasteiger charge is -2.44. The summed E-state index contributed by atoms with van der Waals surface area (Å²) >= 11 is 0. The number of aliphatic hydroxyl groups is 1. The lowest BCUT2D eigenvalue weighted by molar-refractivity contribution is -0.00585. The van der Waals surface area contributed by atoms with E-state index in [0.717, 1.165) is 32.6 Å². The highest BCUT2D eigenvalue weighted by atomic mass is 16.3. The molecule has 1 atom stereocenters. The monoisotopic (exact) mass is 264 g/mol. The van der Waals surface area contributed by atoms with Gasteiger partial charge in [0.05, 0.1) is 6.61 Å². The SMILES string of the molecule is CCn1ccc(CN2CCCC(CO)(C(C)C)C2)c1. The van der Waals surface area contributed by atoms with E-state index in [1.54, 1.807) is 0 Å². The molecule has 108 valence electrons. The Balaban J connectivity index is 2.01. The van der Waals surface area contributed by atoms with Gasteiger partial charge in [0.25, 0.3) is 0 Å². The van der Waals surface area contributed by atoms with E-state index in [1.165, 1.54) is 12.0 Å². The van der Waals surface area contributed by atoms with Crippen LogP contribution < -0.4 is 0 Å². The normalized spacial score (nSPS) is 25.1. The van der Waals surface area contributed by atoms with Gasteiger partial charge in [-0.2, -0.15) is 0 Å². The maximum atomic E-state index is 9.81. The van der Waals surface area contributed by atoms with Gasteiger partial charge in [-0.1, -0.05) is 13.8 Å². The maximum Gasteiger partial charge on any atom is 0.0502 e. The lowest BCUT2D eigenvalue weighted by Crippen LogP contribution is -2.47. The molecule has 1 saturated heterocycles. The van der Waals surface area contributed by atoms with Crippen LogP contribution in [0.1, 0.15) is 39.2 Å². The molecule has 1 aromatic rings. The molecular weight excluding hydrogens is 236 g/mol. The van der Waals surface area contributed by atoms with Crippen LogP contribution >= 0.6 is 0 Å². The Hall–Kier alpha value is -0.800. The summed E-state index contributed by atoms with van der Waals surface area (Å²) in [5, 5.41) is 9.81. The summed E-state index contributed by atoms with van der Waals surface area (Å²) in [5.74, 6) is 0.542. The first-order valence-electron chi connectivity index (χ1n) is 7.57. The summed E-state index contributed by atoms with van der Waals surface area (Å²) in [6, 6.07) is 2.22. The van der Waals surface area contributed by atoms with Gasteiger partial charge in [-0.15, -0.1) is 0 Å². The second kappa shape index (κ2) is 6.10. The molecule has 2 heterocycles. The van der Waals surface area contributed by atoms with Crippen LogP contribution in [0.3, 0.4) is 0 Å². The van der Waals surface area contributed by atoms with Crippen molar-refractivity contribution in [2.24, 2.45) is 11.3 Å². The highest BCUT2D eigenvalue weighted by Gasteiger charge is 2.37. The zero-order chi connectivity index (χ0) is 13.9. The van der Waals surface area contributed by atoms with Crippen LogP contribution in [0.25, 0.3) is 0 Å². The molecule has 1 fully saturated rings. The van der Waals surface area contributed by atoms with Crippen molar-refractivity contribution < 1.29 is 5.11 Å². The minimum absolute atomic E-state index is 0.103. The first-order valence-corrected chi connectivity index (χ1v) is 7.57. The van der Waals surface area contributed by atoms with Crippen molar-refractivity contribution in [2.45, 2.75) is 46.7 Å². The largest absolute Gasteiger partial charge is 0.396 e. The minimum atomic E-state index is 0.103. The molecule has 1 aliphatic rings. The van der Waals surface area contributed by atoms with E-state index in [0.29, 0.717) is 12.5 Å². The Labute approximate surface area is 117 Å². The molecule has 3 heteroatoms. The number of hydrogen-bond donors (Lipinski definition) is 1. The fourth-order valence-electron chi connectivity index (χ4n) is 3.21. The van der Waals surface area contributed by atoms with Crippen LogP contribution in [0.2, 0.25) is 0 Å². The number of piperidine rings is 1. The van der Waals surface area contributed by atoms with Crippen molar-refractivity contribution in [2.75, 3.05) is 19.7 Å². The number of aryl methyl sites for hydroxylation is 1. The first-order chi connectivity index (χ1) is 9.09. The summed E-state index contributed by atoms with van der Waals surface area (Å²) in [6.45, 7) is 11.2. The van der Waals surface area contributed by atoms with Crippen molar-refractivity contribution in [3.05, 3.63) is 24.0 Å². The molecule has 0 spiro atoms. The summed E-state index contributed by atoms with van der Waals surface area (Å²) in [5.41, 5.74) is 1.49. The van der Waals surface area contributed by atoms with E-state index in [-0.39, 0.29) is 5.41 Å². The average Bonchev–Trinajstić information content (AvgIpc) is 2.86. The summed E-state index contributed by atoms with van der Waals surface area (Å²) in [6.07, 6.45) is 6.76. The Bertz CT molecular complexity index is 399. The second-order valence-electron chi connectivity index (χ2n) is 6.34. The molecule has 1 aromatic heterocycles. The minimum Gasteiger partial charge on any atom is -0.396 e. The highest BCUT2D eigenvalue weighted by Crippen LogP contribution is 2.37. The molecule has 1 N–H and O–H groups in total. The van der Waals surface area contributed by atoms with Gasteiger partial charge >= 0.3 is 0 Å². The third-order valence-electron chi connectivity index (χ3n) is 4.81. The van der Waals surface area contributed by atoms with Crippen molar-refractivity contribution in [1.29, 1.82) is 0 Å². The molecule has 0 radical (unpaired) electrons. The van der Waals surface area contributed by atoms with E-state index in [9.17, 15) is 5.11 Å². The Kier molecular flexibility index (Phi) is 4.69. The molecule has 0 aromatic carbocycles. The smallest absolute Gasteiger partial charge is 0.0502 e. The van der Waals surface area contributed by atoms with E-state index >= 15 is 0 Å². The van der Waals surface area contributed by atoms with Gasteiger partial charge in [-0.05, 0) is 43.9 Å². The predicted molar refractivity (Wildman–Crippen MR) is 79.0 cm³/mol. The second-order valence-corrected chi connectivity index (χ2v) is 6.34. The van der Waals surface area contributed by atoms with Crippen molar-refractivity contribution in [3.63, 3.8) is 0 Å². The lowest BCUT2D eigenvalue weighted by atomic mass is 9.72. The van der Waals surface area contributed by atoms with Gasteiger partial charge in [-0.3, -0.25) is 4.90 Å². The predicted octanol–water partition coefficient (Wildman–Crippen LogP) is 2.74. The molecular formula is C16H28N2O. The Morgan fingerprint density at radius 2 is 2.21 bits per heavy atom. The van der Waals surface area contributed by atoms with Crippen LogP contribution in [0.15, 0.2) is 18.5 Å². The van der Waals surface area contributed by atoms with Gasteiger partial charge in [-0.25, -0.2) is 0 Å². The molecule has 3 nitrogen and oxygen atoms in total. The third-order valence-corrected chi connectivity index (χ3v) is 4.81. The van der Waals surface area contributed by atoms with Crippen LogP contribution in [0.5, 0.6) is 0 Å². The van der Waals surface area contributed by atoms with Crippen molar-refractivity contribution in [3.8, 4) is 0 Å². The number of likely N-dealkylation sites (tertiary alicyclic amines) is 1. The molecule has 0 bridgehead atoms. The van der Waals surface area contributed by atoms with Gasteiger partial charge in [0.2, 0.25) is 0 Å². The van der Waals surface area contributed by atoms with Crippen LogP contribution in [0, 0.1) is 11.3 Å². The number of hydrogen-bond acceptors (Lipinski definition) is 2. The van der Waals surface area contributed by atoms with Gasteiger partial charge in [0, 0.05) is 37.4 Å². The number of nitrogens with zero attached hydrogens (tertiary/aromatic N) is 2. The zero-order valence-electron chi connectivity index (χ0n) is 12.6. The van der Waals surface area contributed by atoms with E-state index in [4.69, 9.17) is 0 Å². The fourth-order valence-corrected chi connectivity index (χ4v) is 3.21. The number of aliphatic hydroxyl groups excluding tert-OH is 1. The summed E-state index contributed by atoms with van der Waals surface area (Å²) < 4.78 is 2.22. The zero-order valence-corrected chi connectivity index (χ0v) is 12.6. The molecule has 0 aliphatic carbocycles. The van der Waals surface area contributed by atoms with E-state index < -0.39 is 0 Å². The molecule has 0 saturated carbocycles. The van der Waals surface area contributed by atoms with Crippen LogP contribution in [-0.4, -0.2) is 34.3 Å². The van der Waals surface area contributed by atoms with Gasteiger partial charge < -0.3 is 9.67 Å². The number of aromatic nitrogens is 1. The van der Waals surface area contributed by atoms with Crippen molar-refractivity contribution in [1.82, 2.24) is 9.47 Å². The van der Waals surface area contributed by atoms with Crippen molar-refractivity contribution >= 4 is 0 Å². The molecule has 0 amide bonds. The quantitative estimate of drug-likeness (QED) is 0.886. The average molecular weight is 264 g/mol. The number of rotatable bonds is 5. The summed E-state index contributed by atoms with van der Waals surface area (Å²) in [4.78, 5) is 2.51. The van der Waals surface area contributed by atoms with Gasteiger partial charge in [0.1, 0.15) is 0 Å². The standard InChI is InChI=1S/C16H28N2O/c1-4-17-9-6-15(10-17)11-18-8-5-7-16(12-18,13-19)14(2)3/h6,9-10,14,19H,4-5,7-8,11-13H2,1-3H3. The van der Waals surface area contributed by atoms with Crippen LogP contribution in [-0.2, 0) is 13.1 Å². The molecule has 1 aliphatic heterocycles. The highest BCUT2D eigenvalue weighted by molar-refractivity contribution is 5.10. The Morgan fingerprint density at radius 3 is 2.79 bits per heavy atom. The Morgan fingerprint density at radius 1 is 1.42 bits per heavy atom. The fraction of sp³-hybridized carbons (Fsp3) is 0.750. The van der Waals surface area contributed by atoms with Gasteiger partial charge in [0.15, 0.2) is 0 Å². The summed E-state index contributed by atoms with van der Waals surface area (Å²) in [7, 11) is 0. The third kappa shape index (κ3) is 3.21.